The van der Waals surface area contributed by atoms with Gasteiger partial charge in [0.15, 0.2) is 0 Å². The van der Waals surface area contributed by atoms with Gasteiger partial charge in [0.1, 0.15) is 11.6 Å². The van der Waals surface area contributed by atoms with Crippen LogP contribution in [0.4, 0.5) is 9.18 Å². The average molecular weight is 316 g/mol. The van der Waals surface area contributed by atoms with Crippen LogP contribution in [0.3, 0.4) is 0 Å². The molecule has 1 fully saturated rings. The maximum absolute atomic E-state index is 13.3. The number of amides is 2. The quantitative estimate of drug-likeness (QED) is 0.891. The molecule has 0 atom stereocenters. The van der Waals surface area contributed by atoms with Crippen LogP contribution in [0.1, 0.15) is 31.2 Å². The molecule has 0 spiro atoms. The minimum Gasteiger partial charge on any atom is -0.338 e. The van der Waals surface area contributed by atoms with E-state index in [1.165, 1.54) is 12.1 Å². The second kappa shape index (κ2) is 6.81. The van der Waals surface area contributed by atoms with E-state index in [9.17, 15) is 9.18 Å². The Kier molecular flexibility index (Phi) is 4.60. The van der Waals surface area contributed by atoms with Gasteiger partial charge in [-0.1, -0.05) is 12.1 Å². The van der Waals surface area contributed by atoms with Crippen molar-refractivity contribution >= 4 is 6.03 Å². The smallest absolute Gasteiger partial charge is 0.318 e. The van der Waals surface area contributed by atoms with Crippen molar-refractivity contribution in [2.75, 3.05) is 6.54 Å². The zero-order valence-electron chi connectivity index (χ0n) is 13.2. The lowest BCUT2D eigenvalue weighted by molar-refractivity contribution is 0.190. The highest BCUT2D eigenvalue weighted by Gasteiger charge is 2.33. The average Bonchev–Trinajstić information content (AvgIpc) is 3.27. The summed E-state index contributed by atoms with van der Waals surface area (Å²) in [5, 5.41) is 2.86. The van der Waals surface area contributed by atoms with Crippen molar-refractivity contribution in [1.29, 1.82) is 0 Å². The molecule has 0 unspecified atom stereocenters. The summed E-state index contributed by atoms with van der Waals surface area (Å²) in [6.07, 6.45) is 5.67. The molecule has 1 saturated carbocycles. The SMILES string of the molecule is CCNC(=O)N(Cc1nccn1Cc1cccc(F)c1)C1CC1. The van der Waals surface area contributed by atoms with Crippen molar-refractivity contribution in [3.05, 3.63) is 53.9 Å². The summed E-state index contributed by atoms with van der Waals surface area (Å²) in [6, 6.07) is 6.80. The zero-order valence-corrected chi connectivity index (χ0v) is 13.2. The summed E-state index contributed by atoms with van der Waals surface area (Å²) in [6.45, 7) is 3.54. The predicted octanol–water partition coefficient (Wildman–Crippen LogP) is 2.76. The predicted molar refractivity (Wildman–Crippen MR) is 85.4 cm³/mol. The van der Waals surface area contributed by atoms with Crippen LogP contribution in [0.15, 0.2) is 36.7 Å². The van der Waals surface area contributed by atoms with Gasteiger partial charge in [0.25, 0.3) is 0 Å². The Labute approximate surface area is 135 Å². The van der Waals surface area contributed by atoms with Crippen LogP contribution in [-0.2, 0) is 13.1 Å². The van der Waals surface area contributed by atoms with E-state index in [0.717, 1.165) is 24.2 Å². The fourth-order valence-corrected chi connectivity index (χ4v) is 2.63. The van der Waals surface area contributed by atoms with Gasteiger partial charge >= 0.3 is 6.03 Å². The number of hydrogen-bond acceptors (Lipinski definition) is 2. The first-order valence-electron chi connectivity index (χ1n) is 7.96. The minimum absolute atomic E-state index is 0.0460. The number of rotatable bonds is 6. The summed E-state index contributed by atoms with van der Waals surface area (Å²) in [4.78, 5) is 18.4. The lowest BCUT2D eigenvalue weighted by atomic mass is 10.2. The lowest BCUT2D eigenvalue weighted by Gasteiger charge is -2.22. The summed E-state index contributed by atoms with van der Waals surface area (Å²) < 4.78 is 15.3. The topological polar surface area (TPSA) is 50.2 Å². The van der Waals surface area contributed by atoms with Crippen molar-refractivity contribution in [2.45, 2.75) is 38.9 Å². The van der Waals surface area contributed by atoms with Gasteiger partial charge in [0, 0.05) is 31.5 Å². The number of benzene rings is 1. The maximum Gasteiger partial charge on any atom is 0.318 e. The number of nitrogens with zero attached hydrogens (tertiary/aromatic N) is 3. The third kappa shape index (κ3) is 3.88. The number of aromatic nitrogens is 2. The molecule has 2 aromatic rings. The van der Waals surface area contributed by atoms with E-state index in [-0.39, 0.29) is 11.8 Å². The highest BCUT2D eigenvalue weighted by Crippen LogP contribution is 2.28. The van der Waals surface area contributed by atoms with Crippen molar-refractivity contribution in [2.24, 2.45) is 0 Å². The molecule has 1 aromatic heterocycles. The molecule has 0 bridgehead atoms. The molecule has 1 heterocycles. The molecule has 1 N–H and O–H groups in total. The molecule has 1 aliphatic carbocycles. The van der Waals surface area contributed by atoms with E-state index in [4.69, 9.17) is 0 Å². The Balaban J connectivity index is 1.73. The van der Waals surface area contributed by atoms with Gasteiger partial charge in [-0.15, -0.1) is 0 Å². The monoisotopic (exact) mass is 316 g/mol. The Bertz CT molecular complexity index is 681. The van der Waals surface area contributed by atoms with Crippen LogP contribution in [0.5, 0.6) is 0 Å². The molecule has 0 radical (unpaired) electrons. The highest BCUT2D eigenvalue weighted by atomic mass is 19.1. The zero-order chi connectivity index (χ0) is 16.2. The number of carbonyl (C=O) groups excluding carboxylic acids is 1. The highest BCUT2D eigenvalue weighted by molar-refractivity contribution is 5.74. The van der Waals surface area contributed by atoms with E-state index in [0.29, 0.717) is 25.7 Å². The normalized spacial score (nSPS) is 13.8. The largest absolute Gasteiger partial charge is 0.338 e. The van der Waals surface area contributed by atoms with Crippen molar-refractivity contribution in [1.82, 2.24) is 19.8 Å². The molecule has 23 heavy (non-hydrogen) atoms. The molecule has 2 amide bonds. The lowest BCUT2D eigenvalue weighted by Crippen LogP contribution is -2.41. The Morgan fingerprint density at radius 1 is 1.48 bits per heavy atom. The third-order valence-corrected chi connectivity index (χ3v) is 3.93. The number of nitrogens with one attached hydrogen (secondary N) is 1. The van der Waals surface area contributed by atoms with Crippen molar-refractivity contribution in [3.8, 4) is 0 Å². The van der Waals surface area contributed by atoms with Crippen LogP contribution in [0.25, 0.3) is 0 Å². The van der Waals surface area contributed by atoms with Crippen molar-refractivity contribution < 1.29 is 9.18 Å². The first-order valence-corrected chi connectivity index (χ1v) is 7.96. The fourth-order valence-electron chi connectivity index (χ4n) is 2.63. The summed E-state index contributed by atoms with van der Waals surface area (Å²) in [5.41, 5.74) is 0.875. The number of hydrogen-bond donors (Lipinski definition) is 1. The van der Waals surface area contributed by atoms with Crippen LogP contribution >= 0.6 is 0 Å². The minimum atomic E-state index is -0.244. The number of halogens is 1. The first kappa shape index (κ1) is 15.5. The molecule has 0 saturated heterocycles. The van der Waals surface area contributed by atoms with Crippen LogP contribution in [-0.4, -0.2) is 33.1 Å². The van der Waals surface area contributed by atoms with Crippen molar-refractivity contribution in [3.63, 3.8) is 0 Å². The van der Waals surface area contributed by atoms with Gasteiger partial charge in [0.05, 0.1) is 6.54 Å². The molecule has 5 nitrogen and oxygen atoms in total. The molecule has 3 rings (SSSR count). The van der Waals surface area contributed by atoms with E-state index < -0.39 is 0 Å². The molecule has 122 valence electrons. The molecule has 6 heteroatoms. The van der Waals surface area contributed by atoms with E-state index >= 15 is 0 Å². The van der Waals surface area contributed by atoms with Crippen LogP contribution < -0.4 is 5.32 Å². The fraction of sp³-hybridized carbons (Fsp3) is 0.412. The van der Waals surface area contributed by atoms with Gasteiger partial charge < -0.3 is 14.8 Å². The van der Waals surface area contributed by atoms with Gasteiger partial charge in [-0.3, -0.25) is 0 Å². The molecular formula is C17H21FN4O. The van der Waals surface area contributed by atoms with Gasteiger partial charge in [-0.25, -0.2) is 14.2 Å². The summed E-state index contributed by atoms with van der Waals surface area (Å²) in [5.74, 6) is 0.568. The second-order valence-electron chi connectivity index (χ2n) is 5.80. The number of imidazole rings is 1. The second-order valence-corrected chi connectivity index (χ2v) is 5.80. The standard InChI is InChI=1S/C17H21FN4O/c1-2-19-17(23)22(15-6-7-15)12-16-20-8-9-21(16)11-13-4-3-5-14(18)10-13/h3-5,8-10,15H,2,6-7,11-12H2,1H3,(H,19,23). The summed E-state index contributed by atoms with van der Waals surface area (Å²) in [7, 11) is 0. The van der Waals surface area contributed by atoms with E-state index in [1.54, 1.807) is 12.3 Å². The number of carbonyl (C=O) groups is 1. The van der Waals surface area contributed by atoms with E-state index in [1.807, 2.05) is 28.7 Å². The number of urea groups is 1. The molecule has 1 aromatic carbocycles. The maximum atomic E-state index is 13.3. The first-order chi connectivity index (χ1) is 11.2. The Morgan fingerprint density at radius 2 is 2.30 bits per heavy atom. The molecular weight excluding hydrogens is 295 g/mol. The summed E-state index contributed by atoms with van der Waals surface area (Å²) >= 11 is 0. The van der Waals surface area contributed by atoms with E-state index in [2.05, 4.69) is 10.3 Å². The van der Waals surface area contributed by atoms with Crippen LogP contribution in [0, 0.1) is 5.82 Å². The Morgan fingerprint density at radius 3 is 3.00 bits per heavy atom. The molecule has 0 aliphatic heterocycles. The van der Waals surface area contributed by atoms with Gasteiger partial charge in [0.2, 0.25) is 0 Å². The van der Waals surface area contributed by atoms with Gasteiger partial charge in [-0.05, 0) is 37.5 Å². The van der Waals surface area contributed by atoms with Gasteiger partial charge in [-0.2, -0.15) is 0 Å². The van der Waals surface area contributed by atoms with Crippen LogP contribution in [0.2, 0.25) is 0 Å². The molecule has 1 aliphatic rings. The Hall–Kier alpha value is -2.37. The third-order valence-electron chi connectivity index (χ3n) is 3.93.